The third kappa shape index (κ3) is 2.99. The molecule has 3 N–H and O–H groups in total. The maximum Gasteiger partial charge on any atom is 0.480 e. The van der Waals surface area contributed by atoms with Gasteiger partial charge in [-0.1, -0.05) is 0 Å². The molecule has 9 heteroatoms. The third-order valence-electron chi connectivity index (χ3n) is 4.44. The van der Waals surface area contributed by atoms with Crippen molar-refractivity contribution in [1.29, 1.82) is 0 Å². The predicted molar refractivity (Wildman–Crippen MR) is 84.3 cm³/mol. The molecule has 2 rings (SSSR count). The van der Waals surface area contributed by atoms with Crippen LogP contribution in [-0.2, 0) is 9.31 Å². The molecule has 0 radical (unpaired) electrons. The maximum absolute atomic E-state index is 11.0. The van der Waals surface area contributed by atoms with Gasteiger partial charge in [0.05, 0.1) is 35.2 Å². The minimum absolute atomic E-state index is 0.0267. The van der Waals surface area contributed by atoms with Crippen LogP contribution in [0.5, 0.6) is 11.5 Å². The van der Waals surface area contributed by atoms with E-state index in [0.29, 0.717) is 0 Å². The van der Waals surface area contributed by atoms with E-state index in [1.54, 1.807) is 0 Å². The van der Waals surface area contributed by atoms with Crippen molar-refractivity contribution in [2.24, 2.45) is 5.73 Å². The normalized spacial score (nSPS) is 20.3. The van der Waals surface area contributed by atoms with E-state index < -0.39 is 29.2 Å². The molecule has 1 aliphatic rings. The van der Waals surface area contributed by atoms with Crippen molar-refractivity contribution < 1.29 is 24.1 Å². The van der Waals surface area contributed by atoms with Gasteiger partial charge in [0.15, 0.2) is 11.5 Å². The molecule has 0 amide bonds. The summed E-state index contributed by atoms with van der Waals surface area (Å²) < 4.78 is 16.7. The molecule has 1 fully saturated rings. The fourth-order valence-electron chi connectivity index (χ4n) is 2.31. The van der Waals surface area contributed by atoms with Crippen LogP contribution in [0, 0.1) is 10.1 Å². The molecule has 1 saturated heterocycles. The van der Waals surface area contributed by atoms with Gasteiger partial charge in [0.25, 0.3) is 5.69 Å². The van der Waals surface area contributed by atoms with Gasteiger partial charge in [0.2, 0.25) is 0 Å². The van der Waals surface area contributed by atoms with Gasteiger partial charge in [-0.2, -0.15) is 0 Å². The number of methoxy groups -OCH3 is 1. The Hall–Kier alpha value is -1.84. The Morgan fingerprint density at radius 3 is 2.26 bits per heavy atom. The van der Waals surface area contributed by atoms with Gasteiger partial charge in [0, 0.05) is 11.6 Å². The standard InChI is InChI=1S/C14H21BN2O6/c1-13(2)14(3,4)23-15(22-13)12(16)9-6-8(17(19)20)7-10(21-5)11(9)18/h6-7,12,18H,16H2,1-5H3/t12-/m0/s1. The second-order valence-electron chi connectivity index (χ2n) is 6.49. The lowest BCUT2D eigenvalue weighted by atomic mass is 9.74. The number of nitrogens with two attached hydrogens (primary N) is 1. The van der Waals surface area contributed by atoms with E-state index in [4.69, 9.17) is 19.8 Å². The molecule has 1 aromatic rings. The number of hydrogen-bond acceptors (Lipinski definition) is 7. The van der Waals surface area contributed by atoms with Gasteiger partial charge >= 0.3 is 7.12 Å². The first-order valence-electron chi connectivity index (χ1n) is 7.16. The zero-order valence-corrected chi connectivity index (χ0v) is 13.8. The molecular weight excluding hydrogens is 303 g/mol. The highest BCUT2D eigenvalue weighted by molar-refractivity contribution is 6.47. The Bertz CT molecular complexity index is 618. The number of ether oxygens (including phenoxy) is 1. The molecule has 1 aromatic carbocycles. The molecule has 0 aromatic heterocycles. The second kappa shape index (κ2) is 5.66. The first kappa shape index (κ1) is 17.5. The predicted octanol–water partition coefficient (Wildman–Crippen LogP) is 1.94. The second-order valence-corrected chi connectivity index (χ2v) is 6.49. The summed E-state index contributed by atoms with van der Waals surface area (Å²) in [4.78, 5) is 10.5. The Balaban J connectivity index is 2.42. The number of phenolic OH excluding ortho intramolecular Hbond substituents is 1. The maximum atomic E-state index is 11.0. The van der Waals surface area contributed by atoms with E-state index in [0.717, 1.165) is 6.07 Å². The Morgan fingerprint density at radius 2 is 1.83 bits per heavy atom. The van der Waals surface area contributed by atoms with Gasteiger partial charge in [-0.3, -0.25) is 10.1 Å². The molecule has 1 heterocycles. The molecule has 0 bridgehead atoms. The zero-order valence-electron chi connectivity index (χ0n) is 13.8. The lowest BCUT2D eigenvalue weighted by molar-refractivity contribution is -0.385. The van der Waals surface area contributed by atoms with E-state index in [-0.39, 0.29) is 22.7 Å². The van der Waals surface area contributed by atoms with E-state index in [9.17, 15) is 15.2 Å². The lowest BCUT2D eigenvalue weighted by Gasteiger charge is -2.32. The molecule has 1 aliphatic heterocycles. The first-order valence-corrected chi connectivity index (χ1v) is 7.16. The number of rotatable bonds is 4. The fraction of sp³-hybridized carbons (Fsp3) is 0.571. The van der Waals surface area contributed by atoms with Crippen molar-refractivity contribution in [1.82, 2.24) is 0 Å². The molecule has 0 spiro atoms. The van der Waals surface area contributed by atoms with E-state index in [2.05, 4.69) is 0 Å². The van der Waals surface area contributed by atoms with Crippen LogP contribution in [0.3, 0.4) is 0 Å². The number of phenols is 1. The van der Waals surface area contributed by atoms with E-state index >= 15 is 0 Å². The van der Waals surface area contributed by atoms with E-state index in [1.165, 1.54) is 13.2 Å². The van der Waals surface area contributed by atoms with Crippen molar-refractivity contribution >= 4 is 12.8 Å². The first-order chi connectivity index (χ1) is 10.5. The van der Waals surface area contributed by atoms with Crippen LogP contribution in [0.15, 0.2) is 12.1 Å². The van der Waals surface area contributed by atoms with Crippen molar-refractivity contribution in [3.05, 3.63) is 27.8 Å². The number of nitro benzene ring substituents is 1. The van der Waals surface area contributed by atoms with Crippen LogP contribution >= 0.6 is 0 Å². The Morgan fingerprint density at radius 1 is 1.30 bits per heavy atom. The Kier molecular flexibility index (Phi) is 4.31. The van der Waals surface area contributed by atoms with E-state index in [1.807, 2.05) is 27.7 Å². The Labute approximate surface area is 134 Å². The molecular formula is C14H21BN2O6. The number of nitrogens with zero attached hydrogens (tertiary/aromatic N) is 1. The van der Waals surface area contributed by atoms with Crippen molar-refractivity contribution in [3.63, 3.8) is 0 Å². The summed E-state index contributed by atoms with van der Waals surface area (Å²) in [7, 11) is 0.459. The summed E-state index contributed by atoms with van der Waals surface area (Å²) in [5, 5.41) is 21.3. The van der Waals surface area contributed by atoms with Crippen molar-refractivity contribution in [2.45, 2.75) is 44.8 Å². The summed E-state index contributed by atoms with van der Waals surface area (Å²) in [6.07, 6.45) is 0. The monoisotopic (exact) mass is 324 g/mol. The third-order valence-corrected chi connectivity index (χ3v) is 4.44. The fourth-order valence-corrected chi connectivity index (χ4v) is 2.31. The largest absolute Gasteiger partial charge is 0.504 e. The van der Waals surface area contributed by atoms with Crippen LogP contribution in [-0.4, -0.2) is 35.5 Å². The molecule has 0 saturated carbocycles. The molecule has 1 atom stereocenters. The molecule has 0 unspecified atom stereocenters. The summed E-state index contributed by atoms with van der Waals surface area (Å²) in [6.45, 7) is 7.47. The van der Waals surface area contributed by atoms with Gasteiger partial charge in [0.1, 0.15) is 0 Å². The number of hydrogen-bond donors (Lipinski definition) is 2. The van der Waals surface area contributed by atoms with Crippen molar-refractivity contribution in [2.75, 3.05) is 7.11 Å². The minimum Gasteiger partial charge on any atom is -0.504 e. The number of nitro groups is 1. The number of aromatic hydroxyl groups is 1. The summed E-state index contributed by atoms with van der Waals surface area (Å²) in [5.41, 5.74) is 4.84. The van der Waals surface area contributed by atoms with Crippen LogP contribution in [0.4, 0.5) is 5.69 Å². The van der Waals surface area contributed by atoms with Gasteiger partial charge < -0.3 is 24.9 Å². The molecule has 8 nitrogen and oxygen atoms in total. The van der Waals surface area contributed by atoms with Gasteiger partial charge in [-0.25, -0.2) is 0 Å². The highest BCUT2D eigenvalue weighted by Gasteiger charge is 2.54. The topological polar surface area (TPSA) is 117 Å². The van der Waals surface area contributed by atoms with Crippen LogP contribution in [0.2, 0.25) is 0 Å². The summed E-state index contributed by atoms with van der Waals surface area (Å²) in [6, 6.07) is 2.34. The minimum atomic E-state index is -0.912. The summed E-state index contributed by atoms with van der Waals surface area (Å²) in [5.74, 6) is -1.20. The number of benzene rings is 1. The highest BCUT2D eigenvalue weighted by Crippen LogP contribution is 2.43. The molecule has 0 aliphatic carbocycles. The average molecular weight is 324 g/mol. The average Bonchev–Trinajstić information content (AvgIpc) is 2.66. The molecule has 23 heavy (non-hydrogen) atoms. The zero-order chi connectivity index (χ0) is 17.6. The highest BCUT2D eigenvalue weighted by atomic mass is 16.7. The van der Waals surface area contributed by atoms with Crippen LogP contribution in [0.25, 0.3) is 0 Å². The van der Waals surface area contributed by atoms with Crippen molar-refractivity contribution in [3.8, 4) is 11.5 Å². The molecule has 126 valence electrons. The quantitative estimate of drug-likeness (QED) is 0.494. The smallest absolute Gasteiger partial charge is 0.480 e. The number of non-ortho nitro benzene ring substituents is 1. The van der Waals surface area contributed by atoms with Crippen LogP contribution in [0.1, 0.15) is 39.2 Å². The lowest BCUT2D eigenvalue weighted by Crippen LogP contribution is -2.41. The SMILES string of the molecule is COc1cc([N+](=O)[O-])cc([C@H](N)B2OC(C)(C)C(C)(C)O2)c1O. The van der Waals surface area contributed by atoms with Gasteiger partial charge in [-0.05, 0) is 27.7 Å². The van der Waals surface area contributed by atoms with Gasteiger partial charge in [-0.15, -0.1) is 0 Å². The summed E-state index contributed by atoms with van der Waals surface area (Å²) >= 11 is 0. The van der Waals surface area contributed by atoms with Crippen LogP contribution < -0.4 is 10.5 Å².